The lowest BCUT2D eigenvalue weighted by atomic mass is 9.82. The number of carboxylic acid groups (broad SMARTS) is 1. The van der Waals surface area contributed by atoms with E-state index < -0.39 is 17.8 Å². The van der Waals surface area contributed by atoms with Gasteiger partial charge < -0.3 is 15.7 Å². The molecular formula is C20H28N4O4. The van der Waals surface area contributed by atoms with Crippen LogP contribution in [0.2, 0.25) is 0 Å². The first-order valence-electron chi connectivity index (χ1n) is 10.1. The number of aromatic nitrogens is 2. The lowest BCUT2D eigenvalue weighted by Crippen LogP contribution is -2.37. The van der Waals surface area contributed by atoms with Crippen LogP contribution in [0.1, 0.15) is 62.4 Å². The van der Waals surface area contributed by atoms with Gasteiger partial charge in [-0.1, -0.05) is 31.4 Å². The van der Waals surface area contributed by atoms with Crippen molar-refractivity contribution in [3.63, 3.8) is 0 Å². The molecule has 3 rings (SSSR count). The zero-order valence-corrected chi connectivity index (χ0v) is 16.2. The van der Waals surface area contributed by atoms with E-state index in [-0.39, 0.29) is 23.6 Å². The van der Waals surface area contributed by atoms with Crippen molar-refractivity contribution in [1.82, 2.24) is 15.1 Å². The Labute approximate surface area is 164 Å². The number of allylic oxidation sites excluding steroid dienone is 2. The smallest absolute Gasteiger partial charge is 0.307 e. The van der Waals surface area contributed by atoms with Crippen LogP contribution in [0, 0.1) is 11.8 Å². The minimum absolute atomic E-state index is 0.136. The van der Waals surface area contributed by atoms with Crippen molar-refractivity contribution in [3.05, 3.63) is 24.0 Å². The fourth-order valence-corrected chi connectivity index (χ4v) is 3.95. The number of aryl methyl sites for hydroxylation is 1. The lowest BCUT2D eigenvalue weighted by molar-refractivity contribution is -0.146. The molecule has 1 heterocycles. The SMILES string of the molecule is CCn1cc(NC(=O)[C@H]2CC=CC[C@@H]2C(=O)O)c(C(=O)NC2CCCCC2)n1. The highest BCUT2D eigenvalue weighted by atomic mass is 16.4. The zero-order valence-electron chi connectivity index (χ0n) is 16.2. The second kappa shape index (κ2) is 9.03. The van der Waals surface area contributed by atoms with Gasteiger partial charge in [-0.25, -0.2) is 0 Å². The number of anilines is 1. The highest BCUT2D eigenvalue weighted by Gasteiger charge is 2.35. The molecular weight excluding hydrogens is 360 g/mol. The molecule has 1 aromatic heterocycles. The molecule has 2 aliphatic rings. The Kier molecular flexibility index (Phi) is 6.49. The van der Waals surface area contributed by atoms with E-state index in [9.17, 15) is 19.5 Å². The summed E-state index contributed by atoms with van der Waals surface area (Å²) in [6.07, 6.45) is 11.3. The van der Waals surface area contributed by atoms with E-state index in [4.69, 9.17) is 0 Å². The molecule has 3 N–H and O–H groups in total. The van der Waals surface area contributed by atoms with Crippen molar-refractivity contribution in [2.24, 2.45) is 11.8 Å². The molecule has 2 atom stereocenters. The maximum atomic E-state index is 12.8. The van der Waals surface area contributed by atoms with Gasteiger partial charge in [-0.2, -0.15) is 5.10 Å². The number of carboxylic acids is 1. The Bertz CT molecular complexity index is 764. The van der Waals surface area contributed by atoms with E-state index in [0.29, 0.717) is 25.1 Å². The standard InChI is InChI=1S/C20H28N4O4/c1-2-24-12-16(17(23-24)19(26)21-13-8-4-3-5-9-13)22-18(25)14-10-6-7-11-15(14)20(27)28/h6-7,12-15H,2-5,8-11H2,1H3,(H,21,26)(H,22,25)(H,27,28)/t14-,15-/m0/s1. The molecule has 0 aromatic carbocycles. The van der Waals surface area contributed by atoms with Crippen LogP contribution in [0.4, 0.5) is 5.69 Å². The second-order valence-electron chi connectivity index (χ2n) is 7.54. The molecule has 152 valence electrons. The third-order valence-corrected chi connectivity index (χ3v) is 5.59. The minimum atomic E-state index is -0.982. The zero-order chi connectivity index (χ0) is 20.1. The lowest BCUT2D eigenvalue weighted by Gasteiger charge is -2.24. The highest BCUT2D eigenvalue weighted by Crippen LogP contribution is 2.28. The fraction of sp³-hybridized carbons (Fsp3) is 0.600. The fourth-order valence-electron chi connectivity index (χ4n) is 3.95. The number of rotatable bonds is 6. The van der Waals surface area contributed by atoms with Crippen LogP contribution in [0.25, 0.3) is 0 Å². The summed E-state index contributed by atoms with van der Waals surface area (Å²) in [6, 6.07) is 0.136. The summed E-state index contributed by atoms with van der Waals surface area (Å²) >= 11 is 0. The molecule has 1 aromatic rings. The van der Waals surface area contributed by atoms with E-state index in [1.807, 2.05) is 13.0 Å². The first-order chi connectivity index (χ1) is 13.5. The van der Waals surface area contributed by atoms with E-state index >= 15 is 0 Å². The Morgan fingerprint density at radius 3 is 2.46 bits per heavy atom. The molecule has 0 aliphatic heterocycles. The quantitative estimate of drug-likeness (QED) is 0.648. The molecule has 8 heteroatoms. The molecule has 2 amide bonds. The minimum Gasteiger partial charge on any atom is -0.481 e. The monoisotopic (exact) mass is 388 g/mol. The maximum absolute atomic E-state index is 12.8. The number of nitrogens with zero attached hydrogens (tertiary/aromatic N) is 2. The molecule has 1 fully saturated rings. The van der Waals surface area contributed by atoms with Gasteiger partial charge in [0.05, 0.1) is 17.5 Å². The second-order valence-corrected chi connectivity index (χ2v) is 7.54. The molecule has 0 unspecified atom stereocenters. The number of nitrogens with one attached hydrogen (secondary N) is 2. The maximum Gasteiger partial charge on any atom is 0.307 e. The van der Waals surface area contributed by atoms with Crippen LogP contribution in [-0.2, 0) is 16.1 Å². The summed E-state index contributed by atoms with van der Waals surface area (Å²) in [5.41, 5.74) is 0.512. The molecule has 8 nitrogen and oxygen atoms in total. The van der Waals surface area contributed by atoms with E-state index in [1.54, 1.807) is 17.0 Å². The average Bonchev–Trinajstić information content (AvgIpc) is 3.11. The topological polar surface area (TPSA) is 113 Å². The normalized spacial score (nSPS) is 22.6. The van der Waals surface area contributed by atoms with E-state index in [2.05, 4.69) is 15.7 Å². The van der Waals surface area contributed by atoms with Crippen LogP contribution in [0.5, 0.6) is 0 Å². The molecule has 0 bridgehead atoms. The molecule has 0 saturated heterocycles. The van der Waals surface area contributed by atoms with Crippen molar-refractivity contribution in [2.75, 3.05) is 5.32 Å². The predicted octanol–water partition coefficient (Wildman–Crippen LogP) is 2.57. The van der Waals surface area contributed by atoms with Crippen molar-refractivity contribution in [2.45, 2.75) is 64.5 Å². The van der Waals surface area contributed by atoms with Gasteiger partial charge in [-0.05, 0) is 32.6 Å². The Morgan fingerprint density at radius 2 is 1.82 bits per heavy atom. The summed E-state index contributed by atoms with van der Waals surface area (Å²) in [7, 11) is 0. The van der Waals surface area contributed by atoms with Crippen molar-refractivity contribution in [1.29, 1.82) is 0 Å². The number of hydrogen-bond donors (Lipinski definition) is 3. The van der Waals surface area contributed by atoms with Gasteiger partial charge in [0.2, 0.25) is 5.91 Å². The third kappa shape index (κ3) is 4.61. The number of amides is 2. The molecule has 1 saturated carbocycles. The molecule has 2 aliphatic carbocycles. The van der Waals surface area contributed by atoms with Crippen LogP contribution in [0.15, 0.2) is 18.3 Å². The highest BCUT2D eigenvalue weighted by molar-refractivity contribution is 6.03. The Hall–Kier alpha value is -2.64. The molecule has 0 spiro atoms. The number of aliphatic carboxylic acids is 1. The van der Waals surface area contributed by atoms with Gasteiger partial charge in [0.15, 0.2) is 5.69 Å². The van der Waals surface area contributed by atoms with Crippen molar-refractivity contribution in [3.8, 4) is 0 Å². The van der Waals surface area contributed by atoms with Gasteiger partial charge in [0.1, 0.15) is 0 Å². The van der Waals surface area contributed by atoms with Crippen LogP contribution < -0.4 is 10.6 Å². The first-order valence-corrected chi connectivity index (χ1v) is 10.1. The largest absolute Gasteiger partial charge is 0.481 e. The van der Waals surface area contributed by atoms with Crippen molar-refractivity contribution >= 4 is 23.5 Å². The van der Waals surface area contributed by atoms with Crippen LogP contribution in [0.3, 0.4) is 0 Å². The van der Waals surface area contributed by atoms with Gasteiger partial charge in [0, 0.05) is 18.8 Å². The molecule has 0 radical (unpaired) electrons. The number of carbonyl (C=O) groups is 3. The summed E-state index contributed by atoms with van der Waals surface area (Å²) < 4.78 is 1.60. The summed E-state index contributed by atoms with van der Waals surface area (Å²) in [5.74, 6) is -3.09. The predicted molar refractivity (Wildman–Crippen MR) is 104 cm³/mol. The van der Waals surface area contributed by atoms with Crippen LogP contribution >= 0.6 is 0 Å². The third-order valence-electron chi connectivity index (χ3n) is 5.59. The molecule has 28 heavy (non-hydrogen) atoms. The van der Waals surface area contributed by atoms with Gasteiger partial charge in [0.25, 0.3) is 5.91 Å². The Morgan fingerprint density at radius 1 is 1.14 bits per heavy atom. The first kappa shape index (κ1) is 20.1. The summed E-state index contributed by atoms with van der Waals surface area (Å²) in [4.78, 5) is 37.0. The van der Waals surface area contributed by atoms with E-state index in [0.717, 1.165) is 25.7 Å². The van der Waals surface area contributed by atoms with Crippen molar-refractivity contribution < 1.29 is 19.5 Å². The Balaban J connectivity index is 1.74. The van der Waals surface area contributed by atoms with Gasteiger partial charge >= 0.3 is 5.97 Å². The van der Waals surface area contributed by atoms with E-state index in [1.165, 1.54) is 6.42 Å². The number of carbonyl (C=O) groups excluding carboxylic acids is 2. The van der Waals surface area contributed by atoms with Gasteiger partial charge in [-0.3, -0.25) is 19.1 Å². The van der Waals surface area contributed by atoms with Gasteiger partial charge in [-0.15, -0.1) is 0 Å². The summed E-state index contributed by atoms with van der Waals surface area (Å²) in [5, 5.41) is 19.5. The summed E-state index contributed by atoms with van der Waals surface area (Å²) in [6.45, 7) is 2.46. The van der Waals surface area contributed by atoms with Crippen LogP contribution in [-0.4, -0.2) is 38.7 Å². The average molecular weight is 388 g/mol. The number of hydrogen-bond acceptors (Lipinski definition) is 4.